The first kappa shape index (κ1) is 19.2. The molecule has 0 spiro atoms. The van der Waals surface area contributed by atoms with Crippen molar-refractivity contribution in [2.45, 2.75) is 18.7 Å². The topological polar surface area (TPSA) is 68.6 Å². The van der Waals surface area contributed by atoms with E-state index in [1.54, 1.807) is 6.20 Å². The average Bonchev–Trinajstić information content (AvgIpc) is 3.01. The number of nitrogens with one attached hydrogen (secondary N) is 1. The van der Waals surface area contributed by atoms with Crippen LogP contribution >= 0.6 is 24.8 Å². The van der Waals surface area contributed by atoms with Crippen LogP contribution in [0, 0.1) is 0 Å². The number of carbonyl (C=O) groups is 1. The number of nitrogens with zero attached hydrogens (tertiary/aromatic N) is 3. The first-order valence-electron chi connectivity index (χ1n) is 7.02. The van der Waals surface area contributed by atoms with Gasteiger partial charge in [0, 0.05) is 32.0 Å². The molecule has 2 saturated heterocycles. The molecule has 1 aromatic rings. The fraction of sp³-hybridized carbons (Fsp3) is 0.692. The molecule has 9 heteroatoms. The molecule has 0 radical (unpaired) electrons. The van der Waals surface area contributed by atoms with Crippen molar-refractivity contribution in [3.8, 4) is 0 Å². The van der Waals surface area contributed by atoms with Crippen LogP contribution in [0.5, 0.6) is 0 Å². The average molecular weight is 353 g/mol. The molecule has 2 unspecified atom stereocenters. The Bertz CT molecular complexity index is 441. The summed E-state index contributed by atoms with van der Waals surface area (Å²) in [5.74, 6) is 0.110. The summed E-state index contributed by atoms with van der Waals surface area (Å²) in [4.78, 5) is 14.3. The number of aromatic nitrogens is 2. The first-order chi connectivity index (χ1) is 9.83. The Balaban J connectivity index is 0.00000121. The molecule has 2 aliphatic heterocycles. The second-order valence-electron chi connectivity index (χ2n) is 5.09. The van der Waals surface area contributed by atoms with Crippen molar-refractivity contribution in [2.75, 3.05) is 39.5 Å². The molecule has 0 bridgehead atoms. The summed E-state index contributed by atoms with van der Waals surface area (Å²) in [6.45, 7) is 4.37. The molecule has 7 nitrogen and oxygen atoms in total. The Kier molecular flexibility index (Phi) is 8.13. The van der Waals surface area contributed by atoms with Gasteiger partial charge in [-0.05, 0) is 6.07 Å². The van der Waals surface area contributed by atoms with E-state index in [2.05, 4.69) is 10.4 Å². The van der Waals surface area contributed by atoms with Crippen molar-refractivity contribution < 1.29 is 14.3 Å². The minimum absolute atomic E-state index is 0. The third-order valence-corrected chi connectivity index (χ3v) is 3.62. The van der Waals surface area contributed by atoms with Gasteiger partial charge in [0.1, 0.15) is 6.04 Å². The third-order valence-electron chi connectivity index (χ3n) is 3.62. The van der Waals surface area contributed by atoms with Crippen LogP contribution in [-0.2, 0) is 20.8 Å². The lowest BCUT2D eigenvalue weighted by Crippen LogP contribution is -2.56. The summed E-state index contributed by atoms with van der Waals surface area (Å²) in [6.07, 6.45) is 3.65. The highest BCUT2D eigenvalue weighted by atomic mass is 35.5. The number of halogens is 2. The molecule has 2 aliphatic rings. The van der Waals surface area contributed by atoms with E-state index >= 15 is 0 Å². The number of amides is 1. The van der Waals surface area contributed by atoms with Gasteiger partial charge < -0.3 is 19.7 Å². The number of carbonyl (C=O) groups excluding carboxylic acids is 1. The molecule has 3 rings (SSSR count). The summed E-state index contributed by atoms with van der Waals surface area (Å²) < 4.78 is 12.9. The van der Waals surface area contributed by atoms with Crippen LogP contribution in [-0.4, -0.2) is 72.2 Å². The first-order valence-corrected chi connectivity index (χ1v) is 7.02. The van der Waals surface area contributed by atoms with Gasteiger partial charge in [0.15, 0.2) is 0 Å². The summed E-state index contributed by atoms with van der Waals surface area (Å²) in [6, 6.07) is 1.67. The van der Waals surface area contributed by atoms with Crippen LogP contribution in [0.15, 0.2) is 18.5 Å². The monoisotopic (exact) mass is 352 g/mol. The van der Waals surface area contributed by atoms with Gasteiger partial charge >= 0.3 is 0 Å². The Hall–Kier alpha value is -0.860. The van der Waals surface area contributed by atoms with Crippen LogP contribution in [0.25, 0.3) is 0 Å². The quantitative estimate of drug-likeness (QED) is 0.825. The second kappa shape index (κ2) is 9.32. The van der Waals surface area contributed by atoms with E-state index in [1.165, 1.54) is 0 Å². The lowest BCUT2D eigenvalue weighted by Gasteiger charge is -2.36. The summed E-state index contributed by atoms with van der Waals surface area (Å²) >= 11 is 0. The second-order valence-corrected chi connectivity index (χ2v) is 5.09. The number of morpholine rings is 2. The van der Waals surface area contributed by atoms with Crippen LogP contribution < -0.4 is 5.32 Å². The van der Waals surface area contributed by atoms with Gasteiger partial charge in [-0.3, -0.25) is 9.48 Å². The van der Waals surface area contributed by atoms with E-state index in [1.807, 2.05) is 21.8 Å². The molecule has 3 heterocycles. The fourth-order valence-corrected chi connectivity index (χ4v) is 2.59. The lowest BCUT2D eigenvalue weighted by molar-refractivity contribution is -0.144. The van der Waals surface area contributed by atoms with Crippen molar-refractivity contribution in [1.29, 1.82) is 0 Å². The van der Waals surface area contributed by atoms with Gasteiger partial charge in [0.05, 0.1) is 32.5 Å². The minimum atomic E-state index is -0.216. The van der Waals surface area contributed by atoms with Crippen molar-refractivity contribution >= 4 is 30.7 Å². The normalized spacial score (nSPS) is 25.0. The maximum absolute atomic E-state index is 12.4. The number of hydrogen-bond donors (Lipinski definition) is 1. The molecule has 1 N–H and O–H groups in total. The van der Waals surface area contributed by atoms with E-state index in [0.717, 1.165) is 6.54 Å². The van der Waals surface area contributed by atoms with Crippen LogP contribution in [0.2, 0.25) is 0 Å². The zero-order chi connectivity index (χ0) is 13.8. The van der Waals surface area contributed by atoms with E-state index in [-0.39, 0.29) is 42.9 Å². The van der Waals surface area contributed by atoms with Gasteiger partial charge in [-0.15, -0.1) is 24.8 Å². The molecule has 0 aliphatic carbocycles. The third kappa shape index (κ3) is 4.82. The number of ether oxygens (including phenoxy) is 2. The predicted molar refractivity (Wildman–Crippen MR) is 85.7 cm³/mol. The van der Waals surface area contributed by atoms with E-state index in [0.29, 0.717) is 39.5 Å². The Morgan fingerprint density at radius 1 is 1.36 bits per heavy atom. The largest absolute Gasteiger partial charge is 0.378 e. The molecule has 1 amide bonds. The Labute approximate surface area is 142 Å². The molecule has 2 atom stereocenters. The molecule has 2 fully saturated rings. The minimum Gasteiger partial charge on any atom is -0.378 e. The number of hydrogen-bond acceptors (Lipinski definition) is 5. The SMILES string of the molecule is Cl.Cl.O=C(C1COCCN1)N1CCOC(Cn2cccn2)C1. The molecular formula is C13H22Cl2N4O3. The van der Waals surface area contributed by atoms with Gasteiger partial charge in [-0.1, -0.05) is 0 Å². The van der Waals surface area contributed by atoms with Crippen LogP contribution in [0.3, 0.4) is 0 Å². The van der Waals surface area contributed by atoms with Crippen molar-refractivity contribution in [3.05, 3.63) is 18.5 Å². The smallest absolute Gasteiger partial charge is 0.242 e. The van der Waals surface area contributed by atoms with Crippen molar-refractivity contribution in [2.24, 2.45) is 0 Å². The highest BCUT2D eigenvalue weighted by Gasteiger charge is 2.30. The molecule has 22 heavy (non-hydrogen) atoms. The van der Waals surface area contributed by atoms with Crippen molar-refractivity contribution in [1.82, 2.24) is 20.0 Å². The fourth-order valence-electron chi connectivity index (χ4n) is 2.59. The standard InChI is InChI=1S/C13H20N4O3.2ClH/c18-13(12-10-19-6-3-14-12)16-5-7-20-11(8-16)9-17-4-1-2-15-17;;/h1-2,4,11-12,14H,3,5-10H2;2*1H. The van der Waals surface area contributed by atoms with Crippen LogP contribution in [0.1, 0.15) is 0 Å². The van der Waals surface area contributed by atoms with Crippen LogP contribution in [0.4, 0.5) is 0 Å². The molecule has 0 aromatic carbocycles. The maximum atomic E-state index is 12.4. The molecular weight excluding hydrogens is 331 g/mol. The van der Waals surface area contributed by atoms with Gasteiger partial charge in [0.2, 0.25) is 5.91 Å². The van der Waals surface area contributed by atoms with Gasteiger partial charge in [-0.25, -0.2) is 0 Å². The van der Waals surface area contributed by atoms with Gasteiger partial charge in [-0.2, -0.15) is 5.10 Å². The zero-order valence-electron chi connectivity index (χ0n) is 12.2. The lowest BCUT2D eigenvalue weighted by atomic mass is 10.2. The van der Waals surface area contributed by atoms with E-state index < -0.39 is 0 Å². The zero-order valence-corrected chi connectivity index (χ0v) is 13.9. The number of rotatable bonds is 3. The highest BCUT2D eigenvalue weighted by Crippen LogP contribution is 2.10. The maximum Gasteiger partial charge on any atom is 0.242 e. The highest BCUT2D eigenvalue weighted by molar-refractivity contribution is 5.85. The summed E-state index contributed by atoms with van der Waals surface area (Å²) in [5, 5.41) is 7.37. The molecule has 126 valence electrons. The predicted octanol–water partition coefficient (Wildman–Crippen LogP) is -0.0575. The van der Waals surface area contributed by atoms with Gasteiger partial charge in [0.25, 0.3) is 0 Å². The molecule has 1 aromatic heterocycles. The van der Waals surface area contributed by atoms with E-state index in [9.17, 15) is 4.79 Å². The summed E-state index contributed by atoms with van der Waals surface area (Å²) in [5.41, 5.74) is 0. The van der Waals surface area contributed by atoms with Crippen molar-refractivity contribution in [3.63, 3.8) is 0 Å². The van der Waals surface area contributed by atoms with E-state index in [4.69, 9.17) is 9.47 Å². The Morgan fingerprint density at radius 3 is 2.91 bits per heavy atom. The molecule has 0 saturated carbocycles. The Morgan fingerprint density at radius 2 is 2.23 bits per heavy atom. The summed E-state index contributed by atoms with van der Waals surface area (Å²) in [7, 11) is 0.